The summed E-state index contributed by atoms with van der Waals surface area (Å²) in [6, 6.07) is 0. The number of nitrogens with one attached hydrogen (secondary N) is 2. The summed E-state index contributed by atoms with van der Waals surface area (Å²) in [7, 11) is -10.5. The number of rotatable bonds is 10. The fourth-order valence-electron chi connectivity index (χ4n) is 4.28. The van der Waals surface area contributed by atoms with Crippen molar-refractivity contribution in [2.45, 2.75) is 57.6 Å². The standard InChI is InChI=1S/C20H28N4O15P2.2Na.13H2O/c1-9-5-23(19(28)21-16(9)26)14-3-11(7-35-40(30,31)32)18(38-14)39-41(33,34)36-8-13-12(25)4-15(37-13)24-6-10(2)17(27)22-20(24)29;;;;;;;;;;;;;;;/h5-6,11-15,18,25H,3-4,7-8H2,1-2H3,(H,33,34)(H,21,26,28)(H,22,27,29)(H2,30,31,32);;;13*1H2/q;2*+1;;;;;;;;;;;;;/p-2/t11-,12+,13-,14-,15-,18-;;;;;;;;;;;;;;;/m1.............../s1. The molecule has 2 unspecified atom stereocenters. The van der Waals surface area contributed by atoms with Gasteiger partial charge in [0.05, 0.1) is 19.3 Å². The molecule has 0 aromatic carbocycles. The van der Waals surface area contributed by atoms with E-state index in [-0.39, 0.29) is 154 Å². The second kappa shape index (κ2) is 34.8. The van der Waals surface area contributed by atoms with Crippen LogP contribution in [-0.4, -0.2) is 132 Å². The number of phosphoric ester groups is 2. The Hall–Kier alpha value is -1.06. The number of aryl methyl sites for hydroxylation is 2. The second-order valence-electron chi connectivity index (χ2n) is 9.46. The van der Waals surface area contributed by atoms with E-state index in [0.29, 0.717) is 0 Å². The van der Waals surface area contributed by atoms with E-state index in [1.807, 2.05) is 4.98 Å². The van der Waals surface area contributed by atoms with Gasteiger partial charge >= 0.3 is 70.5 Å². The minimum atomic E-state index is -5.28. The summed E-state index contributed by atoms with van der Waals surface area (Å²) in [4.78, 5) is 84.5. The molecule has 0 radical (unpaired) electrons. The van der Waals surface area contributed by atoms with Gasteiger partial charge in [-0.3, -0.25) is 42.3 Å². The molecule has 4 rings (SSSR count). The molecule has 2 aliphatic heterocycles. The maximum Gasteiger partial charge on any atom is 1.00 e. The second-order valence-corrected chi connectivity index (χ2v) is 12.0. The van der Waals surface area contributed by atoms with E-state index >= 15 is 0 Å². The number of hydrogen-bond acceptors (Lipinski definition) is 14. The Morgan fingerprint density at radius 2 is 1.11 bits per heavy atom. The molecule has 56 heavy (non-hydrogen) atoms. The van der Waals surface area contributed by atoms with Crippen molar-refractivity contribution in [3.05, 3.63) is 65.2 Å². The molecule has 0 amide bonds. The van der Waals surface area contributed by atoms with Crippen LogP contribution in [-0.2, 0) is 32.2 Å². The van der Waals surface area contributed by atoms with Crippen LogP contribution in [0.3, 0.4) is 0 Å². The third-order valence-electron chi connectivity index (χ3n) is 6.38. The summed E-state index contributed by atoms with van der Waals surface area (Å²) < 4.78 is 50.9. The molecule has 332 valence electrons. The predicted molar refractivity (Wildman–Crippen MR) is 176 cm³/mol. The Bertz CT molecular complexity index is 1640. The molecule has 2 aromatic rings. The molecule has 8 atom stereocenters. The quantitative estimate of drug-likeness (QED) is 0.127. The van der Waals surface area contributed by atoms with Gasteiger partial charge in [-0.05, 0) is 13.8 Å². The Kier molecular flexibility index (Phi) is 53.8. The van der Waals surface area contributed by atoms with E-state index in [0.717, 1.165) is 15.3 Å². The van der Waals surface area contributed by atoms with Gasteiger partial charge in [0.15, 0.2) is 6.29 Å². The number of aliphatic hydroxyl groups is 1. The van der Waals surface area contributed by atoms with E-state index < -0.39 is 88.2 Å². The van der Waals surface area contributed by atoms with Crippen molar-refractivity contribution in [1.29, 1.82) is 0 Å². The van der Waals surface area contributed by atoms with Gasteiger partial charge in [0, 0.05) is 42.3 Å². The number of phosphoric acid groups is 2. The summed E-state index contributed by atoms with van der Waals surface area (Å²) in [5.41, 5.74) is -2.66. The van der Waals surface area contributed by atoms with Crippen LogP contribution in [0.1, 0.15) is 36.4 Å². The third-order valence-corrected chi connectivity index (χ3v) is 7.79. The Morgan fingerprint density at radius 1 is 0.714 bits per heavy atom. The molecule has 0 spiro atoms. The number of aliphatic hydroxyl groups excluding tert-OH is 1. The van der Waals surface area contributed by atoms with Gasteiger partial charge in [0.1, 0.15) is 18.6 Å². The molecule has 2 aromatic heterocycles. The van der Waals surface area contributed by atoms with E-state index in [1.165, 1.54) is 20.0 Å². The first kappa shape index (κ1) is 86.7. The van der Waals surface area contributed by atoms with E-state index in [9.17, 15) is 43.2 Å². The number of H-pyrrole nitrogens is 2. The SMILES string of the molecule is Cc1cn([C@H]2C[C@H](COP(=O)([O-])O)[C@@H](OP(=O)([O-])OC[C@H]3O[C@@H](n4cc(C)c(=O)[nH]c4=O)C[C@@H]3O)O2)c(=O)[nH]c1=O.O.O.O.O.O.O.O.O.O.O.O.O.O.[Na+].[Na+]. The van der Waals surface area contributed by atoms with Crippen LogP contribution >= 0.6 is 15.6 Å². The first-order chi connectivity index (χ1) is 19.0. The zero-order valence-corrected chi connectivity index (χ0v) is 35.7. The topological polar surface area (TPSA) is 686 Å². The van der Waals surface area contributed by atoms with Gasteiger partial charge in [-0.25, -0.2) is 9.59 Å². The van der Waals surface area contributed by atoms with Crippen LogP contribution in [0.5, 0.6) is 0 Å². The third kappa shape index (κ3) is 22.3. The van der Waals surface area contributed by atoms with Crippen LogP contribution in [0.15, 0.2) is 31.6 Å². The van der Waals surface area contributed by atoms with Crippen LogP contribution in [0.4, 0.5) is 0 Å². The molecule has 2 saturated heterocycles. The van der Waals surface area contributed by atoms with Gasteiger partial charge in [-0.2, -0.15) is 0 Å². The van der Waals surface area contributed by atoms with Crippen LogP contribution in [0.2, 0.25) is 0 Å². The monoisotopic (exact) mass is 904 g/mol. The van der Waals surface area contributed by atoms with Crippen LogP contribution < -0.4 is 91.4 Å². The van der Waals surface area contributed by atoms with Crippen molar-refractivity contribution in [1.82, 2.24) is 19.1 Å². The van der Waals surface area contributed by atoms with Crippen molar-refractivity contribution in [2.24, 2.45) is 5.92 Å². The minimum Gasteiger partial charge on any atom is -0.756 e. The van der Waals surface area contributed by atoms with Crippen molar-refractivity contribution in [3.8, 4) is 0 Å². The average Bonchev–Trinajstić information content (AvgIpc) is 3.43. The summed E-state index contributed by atoms with van der Waals surface area (Å²) in [6.07, 6.45) is -4.58. The van der Waals surface area contributed by atoms with Gasteiger partial charge in [-0.15, -0.1) is 0 Å². The largest absolute Gasteiger partial charge is 1.00 e. The molecule has 32 nitrogen and oxygen atoms in total. The number of ether oxygens (including phenoxy) is 2. The smallest absolute Gasteiger partial charge is 0.756 e. The minimum absolute atomic E-state index is 0. The first-order valence-corrected chi connectivity index (χ1v) is 14.9. The molecular formula is C20H52N4Na2O28P2. The zero-order valence-electron chi connectivity index (χ0n) is 29.9. The normalized spacial score (nSPS) is 21.5. The number of aromatic amines is 2. The Morgan fingerprint density at radius 3 is 1.50 bits per heavy atom. The van der Waals surface area contributed by atoms with Crippen molar-refractivity contribution >= 4 is 15.6 Å². The van der Waals surface area contributed by atoms with Gasteiger partial charge in [-0.1, -0.05) is 0 Å². The molecule has 0 aliphatic carbocycles. The van der Waals surface area contributed by atoms with Gasteiger partial charge in [0.25, 0.3) is 26.8 Å². The Balaban J connectivity index is -0.000000129. The average molecular weight is 905 g/mol. The number of hydrogen-bond donors (Lipinski definition) is 4. The summed E-state index contributed by atoms with van der Waals surface area (Å²) >= 11 is 0. The van der Waals surface area contributed by atoms with E-state index in [2.05, 4.69) is 9.51 Å². The van der Waals surface area contributed by atoms with Gasteiger partial charge < -0.3 is 109 Å². The fraction of sp³-hybridized carbons (Fsp3) is 0.600. The summed E-state index contributed by atoms with van der Waals surface area (Å²) in [6.45, 7) is 1.29. The predicted octanol–water partition coefficient (Wildman–Crippen LogP) is -19.5. The van der Waals surface area contributed by atoms with E-state index in [4.69, 9.17) is 23.4 Å². The summed E-state index contributed by atoms with van der Waals surface area (Å²) in [5.74, 6) is -1.17. The number of nitrogens with zero attached hydrogens (tertiary/aromatic N) is 2. The van der Waals surface area contributed by atoms with E-state index in [1.54, 1.807) is 0 Å². The molecule has 36 heteroatoms. The molecule has 0 bridgehead atoms. The Labute approximate surface area is 357 Å². The van der Waals surface area contributed by atoms with Gasteiger partial charge in [0.2, 0.25) is 0 Å². The molecule has 4 heterocycles. The van der Waals surface area contributed by atoms with Crippen LogP contribution in [0, 0.1) is 19.8 Å². The maximum atomic E-state index is 12.6. The molecule has 2 aliphatic rings. The van der Waals surface area contributed by atoms with Crippen LogP contribution in [0.25, 0.3) is 0 Å². The van der Waals surface area contributed by atoms with Crippen molar-refractivity contribution < 1.29 is 182 Å². The molecule has 2 fully saturated rings. The van der Waals surface area contributed by atoms with Crippen molar-refractivity contribution in [2.75, 3.05) is 13.2 Å². The number of aromatic nitrogens is 4. The molecule has 0 saturated carbocycles. The molecular weight excluding hydrogens is 852 g/mol. The van der Waals surface area contributed by atoms with Crippen molar-refractivity contribution in [3.63, 3.8) is 0 Å². The summed E-state index contributed by atoms with van der Waals surface area (Å²) in [5, 5.41) is 10.3. The first-order valence-electron chi connectivity index (χ1n) is 12.0. The molecule has 30 N–H and O–H groups in total. The fourth-order valence-corrected chi connectivity index (χ4v) is 5.52. The zero-order chi connectivity index (χ0) is 30.3. The maximum absolute atomic E-state index is 12.6.